The molecular formula is C15H14F4N2. The largest absolute Gasteiger partial charge is 0.416 e. The Morgan fingerprint density at radius 2 is 1.95 bits per heavy atom. The molecule has 0 spiro atoms. The Morgan fingerprint density at radius 1 is 1.24 bits per heavy atom. The first-order valence-electron chi connectivity index (χ1n) is 6.31. The van der Waals surface area contributed by atoms with Crippen molar-refractivity contribution in [2.75, 3.05) is 0 Å². The fraction of sp³-hybridized carbons (Fsp3) is 0.267. The van der Waals surface area contributed by atoms with E-state index >= 15 is 0 Å². The summed E-state index contributed by atoms with van der Waals surface area (Å²) in [5, 5.41) is 0. The molecule has 0 saturated carbocycles. The van der Waals surface area contributed by atoms with Gasteiger partial charge in [0.25, 0.3) is 0 Å². The Kier molecular flexibility index (Phi) is 4.27. The molecule has 1 unspecified atom stereocenters. The van der Waals surface area contributed by atoms with Crippen LogP contribution in [0.1, 0.15) is 28.4 Å². The van der Waals surface area contributed by atoms with Gasteiger partial charge in [-0.15, -0.1) is 0 Å². The molecule has 2 rings (SSSR count). The number of hydrogen-bond donors (Lipinski definition) is 1. The number of alkyl halides is 3. The van der Waals surface area contributed by atoms with Crippen molar-refractivity contribution in [1.29, 1.82) is 0 Å². The van der Waals surface area contributed by atoms with E-state index in [1.807, 2.05) is 13.0 Å². The van der Waals surface area contributed by atoms with Crippen LogP contribution >= 0.6 is 0 Å². The third-order valence-electron chi connectivity index (χ3n) is 3.25. The summed E-state index contributed by atoms with van der Waals surface area (Å²) < 4.78 is 51.8. The summed E-state index contributed by atoms with van der Waals surface area (Å²) in [5.74, 6) is -0.746. The molecule has 0 aliphatic rings. The predicted octanol–water partition coefficient (Wildman–Crippen LogP) is 3.79. The van der Waals surface area contributed by atoms with Crippen LogP contribution in [0, 0.1) is 12.7 Å². The maximum absolute atomic E-state index is 13.7. The summed E-state index contributed by atoms with van der Waals surface area (Å²) in [4.78, 5) is 4.12. The van der Waals surface area contributed by atoms with E-state index in [4.69, 9.17) is 5.73 Å². The Labute approximate surface area is 119 Å². The number of nitrogens with two attached hydrogens (primary N) is 1. The van der Waals surface area contributed by atoms with Crippen LogP contribution in [-0.4, -0.2) is 4.98 Å². The summed E-state index contributed by atoms with van der Waals surface area (Å²) in [6.45, 7) is 1.82. The normalized spacial score (nSPS) is 13.2. The third kappa shape index (κ3) is 3.58. The number of benzene rings is 1. The van der Waals surface area contributed by atoms with E-state index < -0.39 is 23.6 Å². The highest BCUT2D eigenvalue weighted by Gasteiger charge is 2.31. The average Bonchev–Trinajstić information content (AvgIpc) is 2.40. The maximum Gasteiger partial charge on any atom is 0.416 e. The molecule has 0 bridgehead atoms. The Balaban J connectivity index is 2.31. The number of pyridine rings is 1. The lowest BCUT2D eigenvalue weighted by molar-refractivity contribution is -0.137. The fourth-order valence-electron chi connectivity index (χ4n) is 2.05. The molecular weight excluding hydrogens is 284 g/mol. The van der Waals surface area contributed by atoms with Gasteiger partial charge in [0.2, 0.25) is 0 Å². The molecule has 0 aliphatic carbocycles. The van der Waals surface area contributed by atoms with Crippen molar-refractivity contribution in [2.24, 2.45) is 5.73 Å². The van der Waals surface area contributed by atoms with E-state index in [0.717, 1.165) is 17.7 Å². The number of hydrogen-bond acceptors (Lipinski definition) is 2. The van der Waals surface area contributed by atoms with Crippen molar-refractivity contribution >= 4 is 0 Å². The molecule has 1 aromatic heterocycles. The molecule has 1 atom stereocenters. The van der Waals surface area contributed by atoms with Crippen LogP contribution in [0.3, 0.4) is 0 Å². The fourth-order valence-corrected chi connectivity index (χ4v) is 2.05. The minimum absolute atomic E-state index is 0.158. The van der Waals surface area contributed by atoms with Crippen molar-refractivity contribution in [2.45, 2.75) is 25.6 Å². The standard InChI is InChI=1S/C15H14F4N2/c1-9-3-2-6-21-14(9)8-13(20)11-7-10(15(17,18)19)4-5-12(11)16/h2-7,13H,8,20H2,1H3. The molecule has 1 aromatic carbocycles. The Morgan fingerprint density at radius 3 is 2.57 bits per heavy atom. The highest BCUT2D eigenvalue weighted by atomic mass is 19.4. The Hall–Kier alpha value is -1.95. The van der Waals surface area contributed by atoms with E-state index in [-0.39, 0.29) is 12.0 Å². The molecule has 2 aromatic rings. The number of rotatable bonds is 3. The van der Waals surface area contributed by atoms with E-state index in [9.17, 15) is 17.6 Å². The van der Waals surface area contributed by atoms with Gasteiger partial charge in [0.15, 0.2) is 0 Å². The highest BCUT2D eigenvalue weighted by Crippen LogP contribution is 2.32. The quantitative estimate of drug-likeness (QED) is 0.876. The molecule has 1 heterocycles. The van der Waals surface area contributed by atoms with E-state index in [1.54, 1.807) is 12.3 Å². The van der Waals surface area contributed by atoms with Gasteiger partial charge in [-0.05, 0) is 36.8 Å². The summed E-state index contributed by atoms with van der Waals surface area (Å²) in [5.41, 5.74) is 6.30. The summed E-state index contributed by atoms with van der Waals surface area (Å²) in [7, 11) is 0. The van der Waals surface area contributed by atoms with Gasteiger partial charge in [0, 0.05) is 29.9 Å². The van der Waals surface area contributed by atoms with Gasteiger partial charge in [-0.3, -0.25) is 4.98 Å². The van der Waals surface area contributed by atoms with E-state index in [0.29, 0.717) is 11.8 Å². The molecule has 0 fully saturated rings. The lowest BCUT2D eigenvalue weighted by Gasteiger charge is -2.16. The first-order valence-corrected chi connectivity index (χ1v) is 6.31. The SMILES string of the molecule is Cc1cccnc1CC(N)c1cc(C(F)(F)F)ccc1F. The van der Waals surface area contributed by atoms with Crippen molar-refractivity contribution < 1.29 is 17.6 Å². The zero-order valence-corrected chi connectivity index (χ0v) is 11.3. The number of aryl methyl sites for hydroxylation is 1. The average molecular weight is 298 g/mol. The minimum Gasteiger partial charge on any atom is -0.324 e. The van der Waals surface area contributed by atoms with Gasteiger partial charge in [-0.1, -0.05) is 6.07 Å². The molecule has 112 valence electrons. The van der Waals surface area contributed by atoms with E-state index in [1.165, 1.54) is 0 Å². The van der Waals surface area contributed by atoms with Crippen LogP contribution in [0.4, 0.5) is 17.6 Å². The molecule has 0 aliphatic heterocycles. The zero-order valence-electron chi connectivity index (χ0n) is 11.3. The number of nitrogens with zero attached hydrogens (tertiary/aromatic N) is 1. The first kappa shape index (κ1) is 15.4. The summed E-state index contributed by atoms with van der Waals surface area (Å²) >= 11 is 0. The topological polar surface area (TPSA) is 38.9 Å². The monoisotopic (exact) mass is 298 g/mol. The molecule has 0 amide bonds. The smallest absolute Gasteiger partial charge is 0.324 e. The molecule has 0 radical (unpaired) electrons. The van der Waals surface area contributed by atoms with Gasteiger partial charge in [-0.25, -0.2) is 4.39 Å². The Bertz CT molecular complexity index is 638. The van der Waals surface area contributed by atoms with Crippen LogP contribution < -0.4 is 5.73 Å². The molecule has 2 N–H and O–H groups in total. The second-order valence-electron chi connectivity index (χ2n) is 4.81. The van der Waals surface area contributed by atoms with Crippen LogP contribution in [0.5, 0.6) is 0 Å². The summed E-state index contributed by atoms with van der Waals surface area (Å²) in [6.07, 6.45) is -2.79. The lowest BCUT2D eigenvalue weighted by Crippen LogP contribution is -2.18. The van der Waals surface area contributed by atoms with Gasteiger partial charge in [0.1, 0.15) is 5.82 Å². The summed E-state index contributed by atoms with van der Waals surface area (Å²) in [6, 6.07) is 4.94. The third-order valence-corrected chi connectivity index (χ3v) is 3.25. The second-order valence-corrected chi connectivity index (χ2v) is 4.81. The van der Waals surface area contributed by atoms with E-state index in [2.05, 4.69) is 4.98 Å². The van der Waals surface area contributed by atoms with Crippen LogP contribution in [-0.2, 0) is 12.6 Å². The van der Waals surface area contributed by atoms with Crippen molar-refractivity contribution in [3.8, 4) is 0 Å². The molecule has 6 heteroatoms. The highest BCUT2D eigenvalue weighted by molar-refractivity contribution is 5.31. The molecule has 21 heavy (non-hydrogen) atoms. The van der Waals surface area contributed by atoms with Crippen molar-refractivity contribution in [3.05, 3.63) is 64.7 Å². The van der Waals surface area contributed by atoms with Crippen molar-refractivity contribution in [1.82, 2.24) is 4.98 Å². The zero-order chi connectivity index (χ0) is 15.6. The number of aromatic nitrogens is 1. The lowest BCUT2D eigenvalue weighted by atomic mass is 9.98. The van der Waals surface area contributed by atoms with Gasteiger partial charge in [0.05, 0.1) is 5.56 Å². The van der Waals surface area contributed by atoms with Crippen LogP contribution in [0.15, 0.2) is 36.5 Å². The van der Waals surface area contributed by atoms with Gasteiger partial charge in [-0.2, -0.15) is 13.2 Å². The van der Waals surface area contributed by atoms with Gasteiger partial charge >= 0.3 is 6.18 Å². The van der Waals surface area contributed by atoms with Crippen LogP contribution in [0.2, 0.25) is 0 Å². The molecule has 2 nitrogen and oxygen atoms in total. The van der Waals surface area contributed by atoms with Crippen LogP contribution in [0.25, 0.3) is 0 Å². The first-order chi connectivity index (χ1) is 9.79. The maximum atomic E-state index is 13.7. The minimum atomic E-state index is -4.52. The van der Waals surface area contributed by atoms with Crippen molar-refractivity contribution in [3.63, 3.8) is 0 Å². The van der Waals surface area contributed by atoms with Gasteiger partial charge < -0.3 is 5.73 Å². The number of halogens is 4. The molecule has 0 saturated heterocycles. The predicted molar refractivity (Wildman–Crippen MR) is 71.0 cm³/mol. The second kappa shape index (κ2) is 5.81.